The van der Waals surface area contributed by atoms with Gasteiger partial charge >= 0.3 is 0 Å². The Balaban J connectivity index is 1.19. The van der Waals surface area contributed by atoms with E-state index in [1.54, 1.807) is 0 Å². The zero-order valence-electron chi connectivity index (χ0n) is 21.6. The van der Waals surface area contributed by atoms with E-state index in [0.717, 1.165) is 83.6 Å². The molecule has 8 heteroatoms. The number of primary amides is 1. The highest BCUT2D eigenvalue weighted by atomic mass is 16.3. The fourth-order valence-electron chi connectivity index (χ4n) is 9.98. The van der Waals surface area contributed by atoms with Crippen molar-refractivity contribution in [2.45, 2.75) is 113 Å². The summed E-state index contributed by atoms with van der Waals surface area (Å²) in [7, 11) is 0. The molecule has 7 N–H and O–H groups in total. The van der Waals surface area contributed by atoms with Gasteiger partial charge in [0.1, 0.15) is 0 Å². The van der Waals surface area contributed by atoms with E-state index < -0.39 is 5.60 Å². The summed E-state index contributed by atoms with van der Waals surface area (Å²) in [6.07, 6.45) is 13.1. The highest BCUT2D eigenvalue weighted by molar-refractivity contribution is 5.83. The number of fused-ring (bicyclic) bond motifs is 1. The average molecular weight is 500 g/mol. The van der Waals surface area contributed by atoms with Crippen molar-refractivity contribution in [2.24, 2.45) is 47.0 Å². The number of nitrogens with zero attached hydrogens (tertiary/aromatic N) is 1. The maximum absolute atomic E-state index is 14.0. The third-order valence-electron chi connectivity index (χ3n) is 11.2. The first-order valence-electron chi connectivity index (χ1n) is 14.6. The van der Waals surface area contributed by atoms with Crippen molar-refractivity contribution < 1.29 is 14.7 Å². The molecular weight excluding hydrogens is 454 g/mol. The van der Waals surface area contributed by atoms with Crippen LogP contribution < -0.4 is 16.8 Å². The van der Waals surface area contributed by atoms with Gasteiger partial charge in [0.05, 0.1) is 17.5 Å². The normalized spacial score (nSPS) is 47.9. The second kappa shape index (κ2) is 8.97. The fraction of sp³-hybridized carbons (Fsp3) is 0.893. The number of nitrogens with one attached hydrogen (secondary N) is 2. The number of carbonyl (C=O) groups is 2. The highest BCUT2D eigenvalue weighted by Crippen LogP contribution is 2.57. The third kappa shape index (κ3) is 4.46. The minimum absolute atomic E-state index is 0.00895. The molecule has 0 radical (unpaired) electrons. The van der Waals surface area contributed by atoms with Crippen molar-refractivity contribution in [2.75, 3.05) is 6.54 Å². The zero-order chi connectivity index (χ0) is 25.2. The molecule has 0 aromatic rings. The Morgan fingerprint density at radius 2 is 1.58 bits per heavy atom. The van der Waals surface area contributed by atoms with Crippen molar-refractivity contribution in [3.05, 3.63) is 0 Å². The molecule has 1 saturated heterocycles. The van der Waals surface area contributed by atoms with Gasteiger partial charge in [0.15, 0.2) is 0 Å². The van der Waals surface area contributed by atoms with E-state index in [2.05, 4.69) is 10.2 Å². The highest BCUT2D eigenvalue weighted by Gasteiger charge is 2.58. The van der Waals surface area contributed by atoms with E-state index in [1.165, 1.54) is 6.42 Å². The third-order valence-corrected chi connectivity index (χ3v) is 11.2. The first kappa shape index (κ1) is 24.7. The van der Waals surface area contributed by atoms with Gasteiger partial charge in [-0.25, -0.2) is 0 Å². The van der Waals surface area contributed by atoms with Gasteiger partial charge in [0.2, 0.25) is 11.8 Å². The second-order valence-corrected chi connectivity index (χ2v) is 13.8. The Labute approximate surface area is 214 Å². The van der Waals surface area contributed by atoms with Gasteiger partial charge in [-0.3, -0.25) is 19.9 Å². The van der Waals surface area contributed by atoms with E-state index in [1.807, 2.05) is 0 Å². The van der Waals surface area contributed by atoms with Crippen LogP contribution in [-0.4, -0.2) is 57.4 Å². The van der Waals surface area contributed by atoms with E-state index in [-0.39, 0.29) is 47.1 Å². The van der Waals surface area contributed by atoms with Crippen molar-refractivity contribution >= 4 is 17.6 Å². The Kier molecular flexibility index (Phi) is 6.14. The molecule has 8 nitrogen and oxygen atoms in total. The van der Waals surface area contributed by atoms with Gasteiger partial charge in [-0.2, -0.15) is 0 Å². The van der Waals surface area contributed by atoms with E-state index >= 15 is 0 Å². The first-order valence-corrected chi connectivity index (χ1v) is 14.6. The molecule has 0 aromatic heterocycles. The lowest BCUT2D eigenvalue weighted by Gasteiger charge is -2.60. The molecule has 36 heavy (non-hydrogen) atoms. The Morgan fingerprint density at radius 1 is 0.917 bits per heavy atom. The van der Waals surface area contributed by atoms with Crippen LogP contribution in [0.3, 0.4) is 0 Å². The number of carbonyl (C=O) groups excluding carboxylic acids is 2. The molecule has 6 saturated carbocycles. The SMILES string of the molecule is N=C(N)C1CCC2CC(C(=O)NC34CC5CC(CC(O)(C5)C3)C4)N(CC3CCC(C(N)=O)CC3)C2C1. The number of hydrogen-bond acceptors (Lipinski definition) is 5. The summed E-state index contributed by atoms with van der Waals surface area (Å²) in [6, 6.07) is 0.139. The monoisotopic (exact) mass is 499 g/mol. The van der Waals surface area contributed by atoms with Crippen LogP contribution in [0.4, 0.5) is 0 Å². The van der Waals surface area contributed by atoms with E-state index in [4.69, 9.17) is 16.9 Å². The Bertz CT molecular complexity index is 901. The van der Waals surface area contributed by atoms with Gasteiger partial charge in [-0.15, -0.1) is 0 Å². The number of rotatable bonds is 6. The molecule has 7 aliphatic rings. The predicted octanol–water partition coefficient (Wildman–Crippen LogP) is 2.27. The van der Waals surface area contributed by atoms with Gasteiger partial charge in [-0.1, -0.05) is 0 Å². The van der Waals surface area contributed by atoms with Crippen LogP contribution >= 0.6 is 0 Å². The standard InChI is InChI=1S/C28H45N5O3/c29-24(30)21-6-5-20-8-23(33(22(20)9-21)14-16-1-3-19(4-2-16)25(31)34)26(35)32-27-10-17-7-18(11-27)13-28(36,12-17)15-27/h16-23,36H,1-15H2,(H3,29,30)(H2,31,34)(H,32,35). The van der Waals surface area contributed by atoms with Crippen LogP contribution in [0.5, 0.6) is 0 Å². The molecule has 7 fully saturated rings. The summed E-state index contributed by atoms with van der Waals surface area (Å²) < 4.78 is 0. The molecule has 7 rings (SSSR count). The minimum atomic E-state index is -0.589. The summed E-state index contributed by atoms with van der Waals surface area (Å²) in [5.74, 6) is 2.37. The zero-order valence-corrected chi connectivity index (χ0v) is 21.6. The number of nitrogens with two attached hydrogens (primary N) is 2. The molecule has 4 bridgehead atoms. The maximum atomic E-state index is 14.0. The molecule has 6 aliphatic carbocycles. The molecule has 0 spiro atoms. The Morgan fingerprint density at radius 3 is 2.19 bits per heavy atom. The smallest absolute Gasteiger partial charge is 0.237 e. The predicted molar refractivity (Wildman–Crippen MR) is 137 cm³/mol. The van der Waals surface area contributed by atoms with Crippen molar-refractivity contribution in [1.29, 1.82) is 5.41 Å². The summed E-state index contributed by atoms with van der Waals surface area (Å²) >= 11 is 0. The topological polar surface area (TPSA) is 146 Å². The molecule has 0 aromatic carbocycles. The lowest BCUT2D eigenvalue weighted by atomic mass is 9.51. The molecule has 6 unspecified atom stereocenters. The molecule has 1 aliphatic heterocycles. The molecule has 6 atom stereocenters. The van der Waals surface area contributed by atoms with Crippen molar-refractivity contribution in [1.82, 2.24) is 10.2 Å². The summed E-state index contributed by atoms with van der Waals surface area (Å²) in [4.78, 5) is 28.2. The quantitative estimate of drug-likeness (QED) is 0.281. The van der Waals surface area contributed by atoms with Gasteiger partial charge in [-0.05, 0) is 114 Å². The van der Waals surface area contributed by atoms with Crippen LogP contribution in [0, 0.1) is 40.9 Å². The van der Waals surface area contributed by atoms with Gasteiger partial charge in [0, 0.05) is 30.0 Å². The lowest BCUT2D eigenvalue weighted by molar-refractivity contribution is -0.153. The minimum Gasteiger partial charge on any atom is -0.390 e. The summed E-state index contributed by atoms with van der Waals surface area (Å²) in [6.45, 7) is 0.873. The Hall–Kier alpha value is -1.67. The summed E-state index contributed by atoms with van der Waals surface area (Å²) in [5.41, 5.74) is 10.7. The molecular formula is C28H45N5O3. The van der Waals surface area contributed by atoms with Crippen LogP contribution in [0.2, 0.25) is 0 Å². The molecule has 1 heterocycles. The largest absolute Gasteiger partial charge is 0.390 e. The number of amidine groups is 1. The number of hydrogen-bond donors (Lipinski definition) is 5. The molecule has 200 valence electrons. The lowest BCUT2D eigenvalue weighted by Crippen LogP contribution is -2.67. The van der Waals surface area contributed by atoms with E-state index in [0.29, 0.717) is 30.1 Å². The fourth-order valence-corrected chi connectivity index (χ4v) is 9.98. The van der Waals surface area contributed by atoms with Crippen LogP contribution in [0.1, 0.15) is 89.9 Å². The average Bonchev–Trinajstić information content (AvgIpc) is 3.15. The van der Waals surface area contributed by atoms with Crippen molar-refractivity contribution in [3.63, 3.8) is 0 Å². The number of amides is 2. The van der Waals surface area contributed by atoms with Gasteiger partial charge < -0.3 is 21.9 Å². The first-order chi connectivity index (χ1) is 17.1. The van der Waals surface area contributed by atoms with Crippen LogP contribution in [0.25, 0.3) is 0 Å². The van der Waals surface area contributed by atoms with Crippen LogP contribution in [-0.2, 0) is 9.59 Å². The summed E-state index contributed by atoms with van der Waals surface area (Å²) in [5, 5.41) is 22.8. The maximum Gasteiger partial charge on any atom is 0.237 e. The molecule has 2 amide bonds. The number of likely N-dealkylation sites (tertiary alicyclic amines) is 1. The van der Waals surface area contributed by atoms with Crippen molar-refractivity contribution in [3.8, 4) is 0 Å². The number of aliphatic hydroxyl groups is 1. The van der Waals surface area contributed by atoms with Gasteiger partial charge in [0.25, 0.3) is 0 Å². The van der Waals surface area contributed by atoms with E-state index in [9.17, 15) is 14.7 Å². The van der Waals surface area contributed by atoms with Crippen LogP contribution in [0.15, 0.2) is 0 Å². The second-order valence-electron chi connectivity index (χ2n) is 13.8.